The molecule has 0 heterocycles. The predicted octanol–water partition coefficient (Wildman–Crippen LogP) is -3.15. The van der Waals surface area contributed by atoms with Crippen LogP contribution < -0.4 is 5.73 Å². The van der Waals surface area contributed by atoms with Gasteiger partial charge in [0.05, 0.1) is 18.9 Å². The van der Waals surface area contributed by atoms with E-state index >= 15 is 0 Å². The quantitative estimate of drug-likeness (QED) is 0.155. The van der Waals surface area contributed by atoms with E-state index in [-0.39, 0.29) is 0 Å². The second kappa shape index (κ2) is 5.84. The molecule has 0 radical (unpaired) electrons. The molecule has 0 amide bonds. The highest BCUT2D eigenvalue weighted by molar-refractivity contribution is 5.64. The fraction of sp³-hybridized carbons (Fsp3) is 0.833. The molecule has 13 heavy (non-hydrogen) atoms. The molecule has 0 rings (SSSR count). The van der Waals surface area contributed by atoms with Gasteiger partial charge in [0.25, 0.3) is 0 Å². The van der Waals surface area contributed by atoms with E-state index in [1.165, 1.54) is 0 Å². The summed E-state index contributed by atoms with van der Waals surface area (Å²) in [6.07, 6.45) is -3.76. The van der Waals surface area contributed by atoms with E-state index in [2.05, 4.69) is 5.16 Å². The molecule has 0 spiro atoms. The van der Waals surface area contributed by atoms with Crippen molar-refractivity contribution >= 4 is 6.21 Å². The van der Waals surface area contributed by atoms with Crippen LogP contribution in [0, 0.1) is 0 Å². The molecule has 0 saturated heterocycles. The number of nitrogens with two attached hydrogens (primary N) is 1. The SMILES string of the molecule is N[C@@H](/C=N/O)[C@@H](O)[C@H](O)[C@H](O)CO. The average molecular weight is 194 g/mol. The third-order valence-corrected chi connectivity index (χ3v) is 1.56. The number of hydrogen-bond donors (Lipinski definition) is 6. The van der Waals surface area contributed by atoms with Crippen molar-refractivity contribution in [2.75, 3.05) is 6.61 Å². The fourth-order valence-corrected chi connectivity index (χ4v) is 0.728. The normalized spacial score (nSPS) is 21.3. The van der Waals surface area contributed by atoms with Gasteiger partial charge in [-0.2, -0.15) is 0 Å². The first-order chi connectivity index (χ1) is 6.04. The summed E-state index contributed by atoms with van der Waals surface area (Å²) in [5.41, 5.74) is 5.21. The van der Waals surface area contributed by atoms with Gasteiger partial charge in [-0.05, 0) is 0 Å². The maximum absolute atomic E-state index is 9.17. The van der Waals surface area contributed by atoms with Gasteiger partial charge in [0.2, 0.25) is 0 Å². The molecule has 7 heteroatoms. The molecular formula is C6H14N2O5. The van der Waals surface area contributed by atoms with Crippen molar-refractivity contribution in [3.05, 3.63) is 0 Å². The summed E-state index contributed by atoms with van der Waals surface area (Å²) in [5, 5.41) is 46.2. The first-order valence-electron chi connectivity index (χ1n) is 3.62. The molecule has 78 valence electrons. The van der Waals surface area contributed by atoms with Gasteiger partial charge in [0.1, 0.15) is 18.3 Å². The molecular weight excluding hydrogens is 180 g/mol. The van der Waals surface area contributed by atoms with Gasteiger partial charge >= 0.3 is 0 Å². The zero-order valence-electron chi connectivity index (χ0n) is 6.85. The minimum Gasteiger partial charge on any atom is -0.411 e. The lowest BCUT2D eigenvalue weighted by molar-refractivity contribution is -0.0772. The lowest BCUT2D eigenvalue weighted by Crippen LogP contribution is -2.49. The van der Waals surface area contributed by atoms with Crippen LogP contribution in [-0.4, -0.2) is 62.8 Å². The Morgan fingerprint density at radius 2 is 1.77 bits per heavy atom. The summed E-state index contributed by atoms with van der Waals surface area (Å²) < 4.78 is 0. The summed E-state index contributed by atoms with van der Waals surface area (Å²) in [7, 11) is 0. The van der Waals surface area contributed by atoms with Crippen molar-refractivity contribution in [2.45, 2.75) is 24.4 Å². The third kappa shape index (κ3) is 3.66. The minimum absolute atomic E-state index is 0.693. The largest absolute Gasteiger partial charge is 0.411 e. The summed E-state index contributed by atoms with van der Waals surface area (Å²) in [6, 6.07) is -1.11. The molecule has 4 atom stereocenters. The topological polar surface area (TPSA) is 140 Å². The van der Waals surface area contributed by atoms with Gasteiger partial charge in [-0.1, -0.05) is 0 Å². The average Bonchev–Trinajstić information content (AvgIpc) is 2.14. The molecule has 0 aromatic heterocycles. The molecule has 0 aromatic rings. The first-order valence-corrected chi connectivity index (χ1v) is 3.62. The van der Waals surface area contributed by atoms with Crippen molar-refractivity contribution < 1.29 is 25.6 Å². The molecule has 0 aliphatic rings. The number of nitrogens with zero attached hydrogens (tertiary/aromatic N) is 1. The Hall–Kier alpha value is -0.730. The van der Waals surface area contributed by atoms with Crippen LogP contribution in [0.5, 0.6) is 0 Å². The number of oxime groups is 1. The molecule has 0 bridgehead atoms. The van der Waals surface area contributed by atoms with Crippen LogP contribution in [0.15, 0.2) is 5.16 Å². The highest BCUT2D eigenvalue weighted by atomic mass is 16.4. The van der Waals surface area contributed by atoms with Crippen molar-refractivity contribution in [1.82, 2.24) is 0 Å². The van der Waals surface area contributed by atoms with Crippen molar-refractivity contribution in [3.8, 4) is 0 Å². The van der Waals surface area contributed by atoms with Gasteiger partial charge in [0, 0.05) is 0 Å². The van der Waals surface area contributed by atoms with Crippen LogP contribution in [-0.2, 0) is 0 Å². The summed E-state index contributed by atoms with van der Waals surface area (Å²) >= 11 is 0. The standard InChI is InChI=1S/C6H14N2O5/c7-3(1-8-13)5(11)6(12)4(10)2-9/h1,3-6,9-13H,2,7H2/b8-1+/t3-,4+,5+,6+/m0/s1. The van der Waals surface area contributed by atoms with Crippen molar-refractivity contribution in [3.63, 3.8) is 0 Å². The molecule has 0 aromatic carbocycles. The zero-order chi connectivity index (χ0) is 10.4. The Balaban J connectivity index is 4.15. The first kappa shape index (κ1) is 12.3. The van der Waals surface area contributed by atoms with Crippen LogP contribution in [0.2, 0.25) is 0 Å². The Labute approximate surface area is 74.7 Å². The second-order valence-electron chi connectivity index (χ2n) is 2.57. The summed E-state index contributed by atoms with van der Waals surface area (Å²) in [4.78, 5) is 0. The number of aliphatic hydroxyl groups excluding tert-OH is 4. The van der Waals surface area contributed by atoms with Gasteiger partial charge in [0.15, 0.2) is 0 Å². The Morgan fingerprint density at radius 3 is 2.15 bits per heavy atom. The highest BCUT2D eigenvalue weighted by Crippen LogP contribution is 2.01. The minimum atomic E-state index is -1.59. The number of rotatable bonds is 5. The van der Waals surface area contributed by atoms with Crippen molar-refractivity contribution in [1.29, 1.82) is 0 Å². The van der Waals surface area contributed by atoms with E-state index in [4.69, 9.17) is 26.3 Å². The Morgan fingerprint density at radius 1 is 1.23 bits per heavy atom. The zero-order valence-corrected chi connectivity index (χ0v) is 6.85. The summed E-state index contributed by atoms with van der Waals surface area (Å²) in [5.74, 6) is 0. The second-order valence-corrected chi connectivity index (χ2v) is 2.57. The Kier molecular flexibility index (Phi) is 5.51. The molecule has 0 aliphatic heterocycles. The molecule has 7 nitrogen and oxygen atoms in total. The van der Waals surface area contributed by atoms with Crippen molar-refractivity contribution in [2.24, 2.45) is 10.9 Å². The monoisotopic (exact) mass is 194 g/mol. The van der Waals surface area contributed by atoms with Crippen LogP contribution in [0.1, 0.15) is 0 Å². The van der Waals surface area contributed by atoms with Gasteiger partial charge in [-0.25, -0.2) is 0 Å². The summed E-state index contributed by atoms with van der Waals surface area (Å²) in [6.45, 7) is -0.693. The van der Waals surface area contributed by atoms with E-state index < -0.39 is 31.0 Å². The predicted molar refractivity (Wildman–Crippen MR) is 43.4 cm³/mol. The lowest BCUT2D eigenvalue weighted by Gasteiger charge is -2.23. The molecule has 0 aliphatic carbocycles. The van der Waals surface area contributed by atoms with Crippen LogP contribution in [0.25, 0.3) is 0 Å². The van der Waals surface area contributed by atoms with Crippen LogP contribution in [0.3, 0.4) is 0 Å². The van der Waals surface area contributed by atoms with E-state index in [1.807, 2.05) is 0 Å². The van der Waals surface area contributed by atoms with E-state index in [0.29, 0.717) is 0 Å². The van der Waals surface area contributed by atoms with Gasteiger partial charge in [-0.3, -0.25) is 0 Å². The lowest BCUT2D eigenvalue weighted by atomic mass is 10.0. The molecule has 0 saturated carbocycles. The maximum atomic E-state index is 9.17. The maximum Gasteiger partial charge on any atom is 0.110 e. The Bertz CT molecular complexity index is 165. The van der Waals surface area contributed by atoms with Gasteiger partial charge < -0.3 is 31.4 Å². The van der Waals surface area contributed by atoms with E-state index in [9.17, 15) is 5.11 Å². The smallest absolute Gasteiger partial charge is 0.110 e. The number of aliphatic hydroxyl groups is 4. The highest BCUT2D eigenvalue weighted by Gasteiger charge is 2.28. The third-order valence-electron chi connectivity index (χ3n) is 1.56. The molecule has 0 unspecified atom stereocenters. The molecule has 0 fully saturated rings. The number of hydrogen-bond acceptors (Lipinski definition) is 7. The fourth-order valence-electron chi connectivity index (χ4n) is 0.728. The van der Waals surface area contributed by atoms with Crippen LogP contribution >= 0.6 is 0 Å². The van der Waals surface area contributed by atoms with E-state index in [1.54, 1.807) is 0 Å². The van der Waals surface area contributed by atoms with E-state index in [0.717, 1.165) is 6.21 Å². The van der Waals surface area contributed by atoms with Gasteiger partial charge in [-0.15, -0.1) is 5.16 Å². The van der Waals surface area contributed by atoms with Crippen LogP contribution in [0.4, 0.5) is 0 Å². The molecule has 7 N–H and O–H groups in total.